The number of ether oxygens (including phenoxy) is 1. The first-order valence-corrected chi connectivity index (χ1v) is 16.8. The van der Waals surface area contributed by atoms with Gasteiger partial charge in [0.15, 0.2) is 0 Å². The molecule has 1 N–H and O–H groups in total. The number of methoxy groups -OCH3 is 1. The van der Waals surface area contributed by atoms with Gasteiger partial charge in [0.05, 0.1) is 17.7 Å². The smallest absolute Gasteiger partial charge is 0.264 e. The minimum atomic E-state index is -4.09. The molecule has 1 aliphatic carbocycles. The molecule has 2 amide bonds. The lowest BCUT2D eigenvalue weighted by Gasteiger charge is -2.34. The fraction of sp³-hybridized carbons (Fsp3) is 0.375. The summed E-state index contributed by atoms with van der Waals surface area (Å²) in [5.41, 5.74) is 1.15. The number of rotatable bonds is 12. The summed E-state index contributed by atoms with van der Waals surface area (Å²) in [6.45, 7) is 1.53. The molecule has 10 heteroatoms. The summed E-state index contributed by atoms with van der Waals surface area (Å²) in [5, 5.41) is 3.17. The van der Waals surface area contributed by atoms with Crippen LogP contribution in [-0.4, -0.2) is 50.9 Å². The number of hydrogen-bond acceptors (Lipinski definition) is 5. The lowest BCUT2D eigenvalue weighted by molar-refractivity contribution is -0.140. The van der Waals surface area contributed by atoms with Crippen LogP contribution in [0, 0.1) is 3.57 Å². The Hall–Kier alpha value is -3.12. The van der Waals surface area contributed by atoms with Crippen LogP contribution in [0.1, 0.15) is 51.0 Å². The van der Waals surface area contributed by atoms with Gasteiger partial charge in [-0.05, 0) is 95.9 Å². The molecule has 0 aliphatic heterocycles. The average molecular weight is 704 g/mol. The molecular weight excluding hydrogens is 665 g/mol. The van der Waals surface area contributed by atoms with E-state index in [9.17, 15) is 18.0 Å². The Kier molecular flexibility index (Phi) is 11.3. The molecule has 224 valence electrons. The first kappa shape index (κ1) is 31.8. The van der Waals surface area contributed by atoms with Crippen molar-refractivity contribution in [2.75, 3.05) is 18.0 Å². The molecule has 42 heavy (non-hydrogen) atoms. The zero-order valence-electron chi connectivity index (χ0n) is 24.0. The number of nitrogens with one attached hydrogen (secondary N) is 1. The van der Waals surface area contributed by atoms with Crippen molar-refractivity contribution in [3.05, 3.63) is 88.0 Å². The highest BCUT2D eigenvalue weighted by atomic mass is 127. The highest BCUT2D eigenvalue weighted by Crippen LogP contribution is 2.26. The molecule has 3 aromatic rings. The maximum atomic E-state index is 14.2. The van der Waals surface area contributed by atoms with E-state index in [1.165, 1.54) is 17.0 Å². The van der Waals surface area contributed by atoms with Crippen LogP contribution in [0.5, 0.6) is 5.75 Å². The number of benzene rings is 3. The number of halogens is 1. The molecule has 0 heterocycles. The largest absolute Gasteiger partial charge is 0.497 e. The second-order valence-corrected chi connectivity index (χ2v) is 13.5. The van der Waals surface area contributed by atoms with Crippen LogP contribution >= 0.6 is 22.6 Å². The fourth-order valence-corrected chi connectivity index (χ4v) is 7.08. The van der Waals surface area contributed by atoms with Crippen molar-refractivity contribution < 1.29 is 22.7 Å². The van der Waals surface area contributed by atoms with Crippen molar-refractivity contribution in [2.24, 2.45) is 0 Å². The van der Waals surface area contributed by atoms with Crippen LogP contribution in [0.3, 0.4) is 0 Å². The number of sulfonamides is 1. The van der Waals surface area contributed by atoms with Crippen molar-refractivity contribution in [3.63, 3.8) is 0 Å². The number of nitrogens with zero attached hydrogens (tertiary/aromatic N) is 2. The Morgan fingerprint density at radius 2 is 1.67 bits per heavy atom. The Bertz CT molecular complexity index is 1440. The summed E-state index contributed by atoms with van der Waals surface area (Å²) in [5.74, 6) is -0.0549. The monoisotopic (exact) mass is 703 g/mol. The van der Waals surface area contributed by atoms with E-state index in [1.54, 1.807) is 49.6 Å². The Morgan fingerprint density at radius 1 is 0.976 bits per heavy atom. The molecule has 0 radical (unpaired) electrons. The zero-order chi connectivity index (χ0) is 30.1. The van der Waals surface area contributed by atoms with Gasteiger partial charge in [-0.15, -0.1) is 0 Å². The lowest BCUT2D eigenvalue weighted by Crippen LogP contribution is -2.54. The summed E-state index contributed by atoms with van der Waals surface area (Å²) >= 11 is 2.15. The van der Waals surface area contributed by atoms with Gasteiger partial charge in [0.25, 0.3) is 10.0 Å². The van der Waals surface area contributed by atoms with Gasteiger partial charge in [-0.3, -0.25) is 13.9 Å². The molecule has 3 aromatic carbocycles. The average Bonchev–Trinajstić information content (AvgIpc) is 3.01. The third-order valence-electron chi connectivity index (χ3n) is 7.55. The normalized spacial score (nSPS) is 14.5. The Balaban J connectivity index is 1.70. The van der Waals surface area contributed by atoms with E-state index in [0.29, 0.717) is 17.9 Å². The van der Waals surface area contributed by atoms with Gasteiger partial charge in [-0.2, -0.15) is 0 Å². The summed E-state index contributed by atoms with van der Waals surface area (Å²) in [7, 11) is -2.52. The van der Waals surface area contributed by atoms with Gasteiger partial charge < -0.3 is 15.0 Å². The van der Waals surface area contributed by atoms with Gasteiger partial charge in [-0.25, -0.2) is 8.42 Å². The molecule has 1 aliphatic rings. The van der Waals surface area contributed by atoms with Crippen molar-refractivity contribution in [3.8, 4) is 5.75 Å². The predicted octanol–water partition coefficient (Wildman–Crippen LogP) is 5.75. The van der Waals surface area contributed by atoms with Gasteiger partial charge in [0.1, 0.15) is 18.3 Å². The molecule has 4 rings (SSSR count). The van der Waals surface area contributed by atoms with Crippen molar-refractivity contribution >= 4 is 50.1 Å². The summed E-state index contributed by atoms with van der Waals surface area (Å²) in [4.78, 5) is 29.5. The molecule has 0 unspecified atom stereocenters. The van der Waals surface area contributed by atoms with Crippen LogP contribution in [0.15, 0.2) is 83.8 Å². The maximum absolute atomic E-state index is 14.2. The molecule has 0 spiro atoms. The standard InChI is InChI=1S/C32H38IN3O5S/c1-3-30(32(38)34-26-12-6-4-7-13-26)35(22-24-11-10-14-28(21-24)41-2)31(37)23-36(27-19-17-25(33)18-20-27)42(39,40)29-15-8-5-9-16-29/h5,8-11,14-21,26,30H,3-4,6-7,12-13,22-23H2,1-2H3,(H,34,38)/t30-/m0/s1. The van der Waals surface area contributed by atoms with E-state index >= 15 is 0 Å². The van der Waals surface area contributed by atoms with E-state index < -0.39 is 28.5 Å². The number of hydrogen-bond donors (Lipinski definition) is 1. The number of carbonyl (C=O) groups excluding carboxylic acids is 2. The third kappa shape index (κ3) is 8.03. The van der Waals surface area contributed by atoms with E-state index in [2.05, 4.69) is 27.9 Å². The number of carbonyl (C=O) groups is 2. The quantitative estimate of drug-likeness (QED) is 0.243. The fourth-order valence-electron chi connectivity index (χ4n) is 5.29. The van der Waals surface area contributed by atoms with Gasteiger partial charge in [-0.1, -0.05) is 56.5 Å². The Labute approximate surface area is 262 Å². The zero-order valence-corrected chi connectivity index (χ0v) is 27.0. The van der Waals surface area contributed by atoms with Crippen LogP contribution < -0.4 is 14.4 Å². The van der Waals surface area contributed by atoms with Gasteiger partial charge >= 0.3 is 0 Å². The Morgan fingerprint density at radius 3 is 2.31 bits per heavy atom. The molecule has 1 fully saturated rings. The van der Waals surface area contributed by atoms with Crippen LogP contribution in [0.25, 0.3) is 0 Å². The van der Waals surface area contributed by atoms with Gasteiger partial charge in [0.2, 0.25) is 11.8 Å². The SMILES string of the molecule is CC[C@@H](C(=O)NC1CCCCC1)N(Cc1cccc(OC)c1)C(=O)CN(c1ccc(I)cc1)S(=O)(=O)c1ccccc1. The second kappa shape index (κ2) is 14.9. The van der Waals surface area contributed by atoms with Crippen LogP contribution in [0.2, 0.25) is 0 Å². The van der Waals surface area contributed by atoms with Crippen LogP contribution in [0.4, 0.5) is 5.69 Å². The minimum absolute atomic E-state index is 0.0795. The molecule has 0 bridgehead atoms. The number of amides is 2. The van der Waals surface area contributed by atoms with Crippen molar-refractivity contribution in [1.29, 1.82) is 0 Å². The molecule has 1 atom stereocenters. The first-order valence-electron chi connectivity index (χ1n) is 14.3. The molecule has 1 saturated carbocycles. The number of anilines is 1. The predicted molar refractivity (Wildman–Crippen MR) is 173 cm³/mol. The molecule has 8 nitrogen and oxygen atoms in total. The van der Waals surface area contributed by atoms with Gasteiger partial charge in [0, 0.05) is 16.2 Å². The summed E-state index contributed by atoms with van der Waals surface area (Å²) in [6.07, 6.45) is 5.51. The van der Waals surface area contributed by atoms with E-state index in [4.69, 9.17) is 4.74 Å². The molecular formula is C32H38IN3O5S. The highest BCUT2D eigenvalue weighted by Gasteiger charge is 2.34. The van der Waals surface area contributed by atoms with Crippen LogP contribution in [-0.2, 0) is 26.2 Å². The summed E-state index contributed by atoms with van der Waals surface area (Å²) < 4.78 is 35.3. The topological polar surface area (TPSA) is 96.0 Å². The highest BCUT2D eigenvalue weighted by molar-refractivity contribution is 14.1. The van der Waals surface area contributed by atoms with Crippen molar-refractivity contribution in [1.82, 2.24) is 10.2 Å². The summed E-state index contributed by atoms with van der Waals surface area (Å²) in [6, 6.07) is 21.7. The molecule has 0 saturated heterocycles. The lowest BCUT2D eigenvalue weighted by atomic mass is 9.95. The molecule has 0 aromatic heterocycles. The first-order chi connectivity index (χ1) is 20.2. The minimum Gasteiger partial charge on any atom is -0.497 e. The van der Waals surface area contributed by atoms with E-state index in [-0.39, 0.29) is 23.4 Å². The maximum Gasteiger partial charge on any atom is 0.264 e. The third-order valence-corrected chi connectivity index (χ3v) is 10.1. The van der Waals surface area contributed by atoms with Crippen molar-refractivity contribution in [2.45, 2.75) is 69.0 Å². The van der Waals surface area contributed by atoms with E-state index in [0.717, 1.165) is 45.5 Å². The second-order valence-electron chi connectivity index (χ2n) is 10.4. The van der Waals surface area contributed by atoms with E-state index in [1.807, 2.05) is 31.2 Å².